The fourth-order valence-electron chi connectivity index (χ4n) is 3.43. The minimum atomic E-state index is -0.267. The summed E-state index contributed by atoms with van der Waals surface area (Å²) in [5.41, 5.74) is 4.05. The molecule has 2 aromatic heterocycles. The molecular formula is C22H22N4O2S. The minimum Gasteiger partial charge on any atom is -0.311 e. The Balaban J connectivity index is 1.50. The molecule has 0 fully saturated rings. The van der Waals surface area contributed by atoms with E-state index in [0.717, 1.165) is 35.5 Å². The van der Waals surface area contributed by atoms with Gasteiger partial charge < -0.3 is 4.90 Å². The summed E-state index contributed by atoms with van der Waals surface area (Å²) in [5, 5.41) is 5.24. The van der Waals surface area contributed by atoms with E-state index >= 15 is 0 Å². The van der Waals surface area contributed by atoms with E-state index in [4.69, 9.17) is 0 Å². The van der Waals surface area contributed by atoms with Gasteiger partial charge in [0.15, 0.2) is 5.13 Å². The Bertz CT molecular complexity index is 1030. The third-order valence-corrected chi connectivity index (χ3v) is 5.78. The number of nitrogens with zero attached hydrogens (tertiary/aromatic N) is 3. The smallest absolute Gasteiger partial charge is 0.259 e. The molecule has 0 spiro atoms. The van der Waals surface area contributed by atoms with E-state index < -0.39 is 0 Å². The second-order valence-electron chi connectivity index (χ2n) is 7.07. The summed E-state index contributed by atoms with van der Waals surface area (Å²) in [6.07, 6.45) is 4.39. The molecule has 2 amide bonds. The number of aromatic nitrogens is 2. The first kappa shape index (κ1) is 19.3. The molecule has 0 aliphatic carbocycles. The summed E-state index contributed by atoms with van der Waals surface area (Å²) in [5.74, 6) is -0.207. The zero-order chi connectivity index (χ0) is 20.2. The van der Waals surface area contributed by atoms with Crippen molar-refractivity contribution in [3.05, 3.63) is 70.5 Å². The summed E-state index contributed by atoms with van der Waals surface area (Å²) >= 11 is 1.38. The number of benzene rings is 1. The molecule has 29 heavy (non-hydrogen) atoms. The molecule has 0 atom stereocenters. The maximum Gasteiger partial charge on any atom is 0.259 e. The number of rotatable bonds is 5. The molecule has 6 nitrogen and oxygen atoms in total. The van der Waals surface area contributed by atoms with Crippen molar-refractivity contribution in [3.63, 3.8) is 0 Å². The van der Waals surface area contributed by atoms with Gasteiger partial charge in [0, 0.05) is 24.5 Å². The Labute approximate surface area is 173 Å². The predicted octanol–water partition coefficient (Wildman–Crippen LogP) is 4.01. The Hall–Kier alpha value is -3.06. The number of pyridine rings is 1. The maximum atomic E-state index is 12.9. The molecule has 148 valence electrons. The number of fused-ring (bicyclic) bond motifs is 1. The van der Waals surface area contributed by atoms with Gasteiger partial charge in [-0.05, 0) is 37.8 Å². The lowest BCUT2D eigenvalue weighted by Gasteiger charge is -2.29. The average Bonchev–Trinajstić information content (AvgIpc) is 3.16. The molecule has 1 aromatic carbocycles. The van der Waals surface area contributed by atoms with Crippen molar-refractivity contribution in [1.29, 1.82) is 0 Å². The van der Waals surface area contributed by atoms with E-state index in [-0.39, 0.29) is 11.8 Å². The number of anilines is 2. The number of aryl methyl sites for hydroxylation is 3. The van der Waals surface area contributed by atoms with Crippen molar-refractivity contribution in [2.75, 3.05) is 16.8 Å². The van der Waals surface area contributed by atoms with Gasteiger partial charge in [-0.1, -0.05) is 30.3 Å². The summed E-state index contributed by atoms with van der Waals surface area (Å²) < 4.78 is 0. The lowest BCUT2D eigenvalue weighted by Crippen LogP contribution is -2.36. The van der Waals surface area contributed by atoms with Crippen LogP contribution in [0.15, 0.2) is 48.0 Å². The third kappa shape index (κ3) is 4.51. The lowest BCUT2D eigenvalue weighted by molar-refractivity contribution is -0.118. The van der Waals surface area contributed by atoms with Gasteiger partial charge >= 0.3 is 0 Å². The zero-order valence-electron chi connectivity index (χ0n) is 16.2. The number of carbonyl (C=O) groups excluding carboxylic acids is 2. The SMILES string of the molecule is Cc1csc(NC(=O)c2cnc3c(c2)N(C(=O)CCc2ccccc2)CCC3)n1. The first-order valence-corrected chi connectivity index (χ1v) is 10.5. The number of hydrogen-bond donors (Lipinski definition) is 1. The van der Waals surface area contributed by atoms with Crippen molar-refractivity contribution < 1.29 is 9.59 Å². The van der Waals surface area contributed by atoms with Crippen LogP contribution in [0.4, 0.5) is 10.8 Å². The third-order valence-electron chi connectivity index (χ3n) is 4.91. The van der Waals surface area contributed by atoms with Crippen LogP contribution in [0.5, 0.6) is 0 Å². The zero-order valence-corrected chi connectivity index (χ0v) is 17.0. The normalized spacial score (nSPS) is 13.1. The van der Waals surface area contributed by atoms with E-state index in [1.807, 2.05) is 42.6 Å². The Morgan fingerprint density at radius 1 is 1.24 bits per heavy atom. The molecule has 3 aromatic rings. The molecule has 0 radical (unpaired) electrons. The first-order valence-electron chi connectivity index (χ1n) is 9.67. The van der Waals surface area contributed by atoms with Crippen LogP contribution in [0.1, 0.15) is 40.2 Å². The Kier molecular flexibility index (Phi) is 5.67. The van der Waals surface area contributed by atoms with Crippen molar-refractivity contribution in [3.8, 4) is 0 Å². The molecule has 0 bridgehead atoms. The Morgan fingerprint density at radius 3 is 2.83 bits per heavy atom. The van der Waals surface area contributed by atoms with Gasteiger partial charge in [-0.25, -0.2) is 4.98 Å². The molecule has 7 heteroatoms. The summed E-state index contributed by atoms with van der Waals surface area (Å²) in [6.45, 7) is 2.53. The van der Waals surface area contributed by atoms with Gasteiger partial charge in [0.05, 0.1) is 22.6 Å². The van der Waals surface area contributed by atoms with Crippen LogP contribution >= 0.6 is 11.3 Å². The summed E-state index contributed by atoms with van der Waals surface area (Å²) in [7, 11) is 0. The molecule has 1 N–H and O–H groups in total. The minimum absolute atomic E-state index is 0.0599. The highest BCUT2D eigenvalue weighted by Crippen LogP contribution is 2.28. The van der Waals surface area contributed by atoms with Crippen LogP contribution in [-0.4, -0.2) is 28.3 Å². The lowest BCUT2D eigenvalue weighted by atomic mass is 10.0. The topological polar surface area (TPSA) is 75.2 Å². The second-order valence-corrected chi connectivity index (χ2v) is 7.93. The predicted molar refractivity (Wildman–Crippen MR) is 114 cm³/mol. The molecule has 4 rings (SSSR count). The van der Waals surface area contributed by atoms with Gasteiger partial charge in [-0.2, -0.15) is 0 Å². The number of amides is 2. The first-order chi connectivity index (χ1) is 14.1. The molecule has 3 heterocycles. The molecular weight excluding hydrogens is 384 g/mol. The van der Waals surface area contributed by atoms with Gasteiger partial charge in [-0.3, -0.25) is 19.9 Å². The van der Waals surface area contributed by atoms with Crippen LogP contribution in [-0.2, 0) is 17.6 Å². The second kappa shape index (κ2) is 8.53. The van der Waals surface area contributed by atoms with Crippen molar-refractivity contribution >= 4 is 34.0 Å². The molecule has 0 unspecified atom stereocenters. The van der Waals surface area contributed by atoms with Crippen molar-refractivity contribution in [2.24, 2.45) is 0 Å². The summed E-state index contributed by atoms with van der Waals surface area (Å²) in [4.78, 5) is 36.0. The number of thiazole rings is 1. The van der Waals surface area contributed by atoms with Gasteiger partial charge in [-0.15, -0.1) is 11.3 Å². The van der Waals surface area contributed by atoms with Gasteiger partial charge in [0.1, 0.15) is 0 Å². The highest BCUT2D eigenvalue weighted by Gasteiger charge is 2.24. The average molecular weight is 407 g/mol. The largest absolute Gasteiger partial charge is 0.311 e. The quantitative estimate of drug-likeness (QED) is 0.695. The van der Waals surface area contributed by atoms with E-state index in [2.05, 4.69) is 15.3 Å². The van der Waals surface area contributed by atoms with Crippen LogP contribution in [0.2, 0.25) is 0 Å². The summed E-state index contributed by atoms with van der Waals surface area (Å²) in [6, 6.07) is 11.8. The highest BCUT2D eigenvalue weighted by molar-refractivity contribution is 7.13. The number of carbonyl (C=O) groups is 2. The standard InChI is InChI=1S/C22H22N4O2S/c1-15-14-29-22(24-15)25-21(28)17-12-19-18(23-13-17)8-5-11-26(19)20(27)10-9-16-6-3-2-4-7-16/h2-4,6-7,12-14H,5,8-11H2,1H3,(H,24,25,28). The van der Waals surface area contributed by atoms with Crippen LogP contribution in [0.25, 0.3) is 0 Å². The number of hydrogen-bond acceptors (Lipinski definition) is 5. The highest BCUT2D eigenvalue weighted by atomic mass is 32.1. The van der Waals surface area contributed by atoms with Crippen LogP contribution in [0.3, 0.4) is 0 Å². The molecule has 0 saturated carbocycles. The van der Waals surface area contributed by atoms with Gasteiger partial charge in [0.25, 0.3) is 5.91 Å². The molecule has 0 saturated heterocycles. The van der Waals surface area contributed by atoms with Crippen LogP contribution in [0, 0.1) is 6.92 Å². The Morgan fingerprint density at radius 2 is 2.07 bits per heavy atom. The monoisotopic (exact) mass is 406 g/mol. The van der Waals surface area contributed by atoms with E-state index in [9.17, 15) is 9.59 Å². The molecule has 1 aliphatic heterocycles. The fraction of sp³-hybridized carbons (Fsp3) is 0.273. The molecule has 1 aliphatic rings. The van der Waals surface area contributed by atoms with Crippen LogP contribution < -0.4 is 10.2 Å². The van der Waals surface area contributed by atoms with Gasteiger partial charge in [0.2, 0.25) is 5.91 Å². The number of nitrogens with one attached hydrogen (secondary N) is 1. The van der Waals surface area contributed by atoms with E-state index in [1.165, 1.54) is 11.3 Å². The fourth-order valence-corrected chi connectivity index (χ4v) is 4.11. The van der Waals surface area contributed by atoms with E-state index in [1.54, 1.807) is 17.2 Å². The maximum absolute atomic E-state index is 12.9. The van der Waals surface area contributed by atoms with Crippen molar-refractivity contribution in [2.45, 2.75) is 32.6 Å². The van der Waals surface area contributed by atoms with E-state index in [0.29, 0.717) is 30.1 Å². The van der Waals surface area contributed by atoms with Crippen molar-refractivity contribution in [1.82, 2.24) is 9.97 Å².